The van der Waals surface area contributed by atoms with Gasteiger partial charge in [-0.15, -0.1) is 0 Å². The number of fused-ring (bicyclic) bond motifs is 5. The quantitative estimate of drug-likeness (QED) is 0.135. The van der Waals surface area contributed by atoms with Crippen molar-refractivity contribution in [3.05, 3.63) is 325 Å². The van der Waals surface area contributed by atoms with Crippen LogP contribution in [0.3, 0.4) is 0 Å². The predicted octanol–water partition coefficient (Wildman–Crippen LogP) is 23.6. The van der Waals surface area contributed by atoms with E-state index < -0.39 is 0 Å². The zero-order valence-corrected chi connectivity index (χ0v) is 68.5. The molecule has 107 heavy (non-hydrogen) atoms. The molecule has 0 fully saturated rings. The van der Waals surface area contributed by atoms with Gasteiger partial charge in [0.2, 0.25) is 39.5 Å². The monoisotopic (exact) mass is 1410 g/mol. The number of pyridine rings is 5. The lowest BCUT2D eigenvalue weighted by Gasteiger charge is -2.14. The Morgan fingerprint density at radius 1 is 0.271 bits per heavy atom. The van der Waals surface area contributed by atoms with Gasteiger partial charge in [-0.1, -0.05) is 159 Å². The molecule has 5 nitrogen and oxygen atoms in total. The summed E-state index contributed by atoms with van der Waals surface area (Å²) in [6.07, 6.45) is 7.57. The Hall–Kier alpha value is -10.8. The summed E-state index contributed by atoms with van der Waals surface area (Å²) in [7, 11) is 10.7. The molecule has 5 heterocycles. The summed E-state index contributed by atoms with van der Waals surface area (Å²) in [5.74, 6) is 1.20. The van der Waals surface area contributed by atoms with Gasteiger partial charge in [0.1, 0.15) is 35.2 Å². The second kappa shape index (κ2) is 32.9. The van der Waals surface area contributed by atoms with Gasteiger partial charge in [0.05, 0.1) is 27.3 Å². The largest absolute Gasteiger partial charge is 0.220 e. The number of nitrogens with zero attached hydrogens (tertiary/aromatic N) is 5. The second-order valence-corrected chi connectivity index (χ2v) is 31.4. The number of aryl methyl sites for hydroxylation is 16. The van der Waals surface area contributed by atoms with Crippen LogP contribution in [0.5, 0.6) is 0 Å². The van der Waals surface area contributed by atoms with Crippen LogP contribution in [0.15, 0.2) is 231 Å². The van der Waals surface area contributed by atoms with Crippen LogP contribution in [-0.2, 0) is 41.7 Å². The molecule has 0 aliphatic heterocycles. The summed E-state index contributed by atoms with van der Waals surface area (Å²) >= 11 is 0. The average Bonchev–Trinajstić information content (AvgIpc) is 0.783. The lowest BCUT2D eigenvalue weighted by Crippen LogP contribution is -2.33. The molecule has 0 saturated heterocycles. The van der Waals surface area contributed by atoms with Crippen molar-refractivity contribution in [2.24, 2.45) is 41.2 Å². The van der Waals surface area contributed by atoms with Crippen LogP contribution < -0.4 is 22.8 Å². The van der Waals surface area contributed by atoms with Crippen molar-refractivity contribution < 1.29 is 22.8 Å². The third kappa shape index (κ3) is 16.8. The molecule has 0 unspecified atom stereocenters. The van der Waals surface area contributed by atoms with E-state index in [1.54, 1.807) is 0 Å². The van der Waals surface area contributed by atoms with Gasteiger partial charge in [-0.05, 0) is 271 Å². The molecule has 0 N–H and O–H groups in total. The van der Waals surface area contributed by atoms with Crippen LogP contribution in [0.25, 0.3) is 110 Å². The summed E-state index contributed by atoms with van der Waals surface area (Å²) in [4.78, 5) is 0. The van der Waals surface area contributed by atoms with E-state index in [1.807, 2.05) is 0 Å². The first kappa shape index (κ1) is 77.4. The minimum absolute atomic E-state index is 0.555. The first-order valence-corrected chi connectivity index (χ1v) is 38.4. The zero-order valence-electron chi connectivity index (χ0n) is 68.5. The fourth-order valence-corrected chi connectivity index (χ4v) is 15.9. The molecule has 0 amide bonds. The van der Waals surface area contributed by atoms with Gasteiger partial charge in [0.25, 0.3) is 0 Å². The Labute approximate surface area is 639 Å². The van der Waals surface area contributed by atoms with E-state index in [2.05, 4.69) is 421 Å². The molecule has 0 atom stereocenters. The van der Waals surface area contributed by atoms with E-state index in [0.717, 1.165) is 6.42 Å². The summed E-state index contributed by atoms with van der Waals surface area (Å²) in [5.41, 5.74) is 38.8. The molecule has 0 saturated carbocycles. The van der Waals surface area contributed by atoms with E-state index in [-0.39, 0.29) is 0 Å². The van der Waals surface area contributed by atoms with Crippen molar-refractivity contribution in [3.8, 4) is 56.3 Å². The first-order valence-electron chi connectivity index (χ1n) is 38.4. The second-order valence-electron chi connectivity index (χ2n) is 31.4. The third-order valence-electron chi connectivity index (χ3n) is 22.2. The highest BCUT2D eigenvalue weighted by atomic mass is 15.0. The SMILES string of the molecule is Cc1cc(C)c(C)c(-c2c3ccc(C(C)C)cc3cc[n+]2C)c1.Cc1cc(C)c(C)c(-c2c3ccccc3cc[n+]2C)c1.Cc1cc(C)c(C)c(-c2cc(CC(C)C)c3ccccc3[n+]2C)c1.Cc1cc(C)c(C)c(-c2ccc3c(C)cc(C)cc3[n+]2C)c1.Cc1ccccc1-c1c2ccccc2cc[n+]1C. The molecule has 5 aromatic heterocycles. The van der Waals surface area contributed by atoms with Crippen molar-refractivity contribution in [1.29, 1.82) is 0 Å². The molecule has 0 radical (unpaired) electrons. The predicted molar refractivity (Wildman–Crippen MR) is 456 cm³/mol. The number of aromatic nitrogens is 5. The lowest BCUT2D eigenvalue weighted by molar-refractivity contribution is -0.659. The van der Waals surface area contributed by atoms with Gasteiger partial charge >= 0.3 is 0 Å². The zero-order chi connectivity index (χ0) is 77.0. The molecule has 0 spiro atoms. The standard InChI is InChI=1S/C23H28N.C22H26N.C21H24N.C19H20N.C17H16N/c1-15(2)11-19-14-23(21-13-16(3)12-17(4)18(21)5)24(6)22-10-8-7-9-20(19)22;1-14(2)18-7-8-20-19(13-18)9-10-23(6)22(20)21-12-15(3)11-16(4)17(21)5;1-13-9-15(3)17(5)19(11-13)20-8-7-18-16(4)10-14(2)12-21(18)22(20)6;1-13-11-14(2)15(3)18(12-13)19-17-8-6-5-7-16(17)9-10-20(19)4;1-13-7-3-5-9-15(13)17-16-10-6-4-8-14(16)11-12-18(17)2/h7-10,12-15H,11H2,1-6H3;7-14H,1-6H3;7-12H,1-6H3;5-12H,1-4H3;3-12H,1-2H3/q5*+1. The highest BCUT2D eigenvalue weighted by molar-refractivity contribution is 5.96. The fraction of sp³-hybridized carbons (Fsp3) is 0.265. The molecular weight excluding hydrogens is 1300 g/mol. The number of rotatable bonds is 8. The molecule has 5 heteroatoms. The summed E-state index contributed by atoms with van der Waals surface area (Å²) in [5, 5.41) is 10.5. The molecule has 10 aromatic carbocycles. The normalized spacial score (nSPS) is 11.2. The van der Waals surface area contributed by atoms with Crippen LogP contribution in [0, 0.1) is 110 Å². The van der Waals surface area contributed by atoms with Gasteiger partial charge in [0.15, 0.2) is 18.6 Å². The van der Waals surface area contributed by atoms with Crippen molar-refractivity contribution in [3.63, 3.8) is 0 Å². The van der Waals surface area contributed by atoms with E-state index in [9.17, 15) is 0 Å². The molecule has 0 aliphatic carbocycles. The van der Waals surface area contributed by atoms with Gasteiger partial charge < -0.3 is 0 Å². The number of para-hydroxylation sites is 1. The Morgan fingerprint density at radius 3 is 1.15 bits per heavy atom. The molecule has 0 aliphatic rings. The van der Waals surface area contributed by atoms with Crippen LogP contribution >= 0.6 is 0 Å². The molecular formula is C102H114N5+5. The van der Waals surface area contributed by atoms with Crippen molar-refractivity contribution in [1.82, 2.24) is 0 Å². The smallest absolute Gasteiger partial charge is 0.200 e. The summed E-state index contributed by atoms with van der Waals surface area (Å²) in [6, 6.07) is 77.7. The van der Waals surface area contributed by atoms with Gasteiger partial charge in [-0.3, -0.25) is 0 Å². The Morgan fingerprint density at radius 2 is 0.654 bits per heavy atom. The number of hydrogen-bond acceptors (Lipinski definition) is 0. The minimum Gasteiger partial charge on any atom is -0.200 e. The molecule has 542 valence electrons. The van der Waals surface area contributed by atoms with Crippen LogP contribution in [0.2, 0.25) is 0 Å². The van der Waals surface area contributed by atoms with E-state index in [1.165, 1.54) is 205 Å². The molecule has 15 rings (SSSR count). The summed E-state index contributed by atoms with van der Waals surface area (Å²) < 4.78 is 11.4. The van der Waals surface area contributed by atoms with Crippen molar-refractivity contribution >= 4 is 54.1 Å². The fourth-order valence-electron chi connectivity index (χ4n) is 15.9. The lowest BCUT2D eigenvalue weighted by atomic mass is 9.93. The average molecular weight is 1410 g/mol. The highest BCUT2D eigenvalue weighted by Crippen LogP contribution is 2.36. The Balaban J connectivity index is 0.000000134. The van der Waals surface area contributed by atoms with E-state index >= 15 is 0 Å². The maximum atomic E-state index is 2.41. The third-order valence-corrected chi connectivity index (χ3v) is 22.2. The van der Waals surface area contributed by atoms with Gasteiger partial charge in [0, 0.05) is 69.9 Å². The maximum Gasteiger partial charge on any atom is 0.220 e. The number of benzene rings is 10. The Bertz CT molecular complexity index is 5860. The van der Waals surface area contributed by atoms with Crippen LogP contribution in [-0.4, -0.2) is 0 Å². The van der Waals surface area contributed by atoms with Gasteiger partial charge in [-0.2, -0.15) is 9.13 Å². The number of hydrogen-bond donors (Lipinski definition) is 0. The van der Waals surface area contributed by atoms with E-state index in [4.69, 9.17) is 0 Å². The maximum absolute atomic E-state index is 2.41. The van der Waals surface area contributed by atoms with Crippen molar-refractivity contribution in [2.45, 2.75) is 144 Å². The van der Waals surface area contributed by atoms with E-state index in [0.29, 0.717) is 11.8 Å². The van der Waals surface area contributed by atoms with Crippen molar-refractivity contribution in [2.75, 3.05) is 0 Å². The molecule has 0 bridgehead atoms. The molecule has 15 aromatic rings. The summed E-state index contributed by atoms with van der Waals surface area (Å²) in [6.45, 7) is 42.0. The first-order chi connectivity index (χ1) is 51.0. The highest BCUT2D eigenvalue weighted by Gasteiger charge is 2.25. The Kier molecular flexibility index (Phi) is 23.8. The topological polar surface area (TPSA) is 19.4 Å². The van der Waals surface area contributed by atoms with Crippen LogP contribution in [0.1, 0.15) is 128 Å². The minimum atomic E-state index is 0.555. The van der Waals surface area contributed by atoms with Crippen LogP contribution in [0.4, 0.5) is 0 Å². The van der Waals surface area contributed by atoms with Gasteiger partial charge in [-0.25, -0.2) is 13.7 Å².